The van der Waals surface area contributed by atoms with Gasteiger partial charge in [0.25, 0.3) is 0 Å². The highest BCUT2D eigenvalue weighted by Crippen LogP contribution is 2.05. The summed E-state index contributed by atoms with van der Waals surface area (Å²) in [6.07, 6.45) is 3.66. The molecule has 0 bridgehead atoms. The molecule has 2 heterocycles. The highest BCUT2D eigenvalue weighted by atomic mass is 16.3. The Labute approximate surface area is 93.5 Å². The van der Waals surface area contributed by atoms with E-state index >= 15 is 0 Å². The van der Waals surface area contributed by atoms with Crippen LogP contribution in [-0.2, 0) is 13.2 Å². The van der Waals surface area contributed by atoms with Crippen LogP contribution in [0, 0.1) is 0 Å². The van der Waals surface area contributed by atoms with E-state index in [-0.39, 0.29) is 6.61 Å². The molecular formula is C10H15N5O. The lowest BCUT2D eigenvalue weighted by molar-refractivity contribution is 0.276. The van der Waals surface area contributed by atoms with E-state index < -0.39 is 0 Å². The Kier molecular flexibility index (Phi) is 3.00. The molecule has 2 aromatic rings. The van der Waals surface area contributed by atoms with Crippen LogP contribution in [0.2, 0.25) is 0 Å². The Balaban J connectivity index is 2.08. The second-order valence-electron chi connectivity index (χ2n) is 3.95. The number of rotatable bonds is 4. The minimum Gasteiger partial charge on any atom is -0.390 e. The number of hydrogen-bond donors (Lipinski definition) is 1. The van der Waals surface area contributed by atoms with E-state index in [1.165, 1.54) is 0 Å². The molecule has 0 atom stereocenters. The van der Waals surface area contributed by atoms with Crippen LogP contribution in [0.15, 0.2) is 18.5 Å². The van der Waals surface area contributed by atoms with Gasteiger partial charge in [0, 0.05) is 12.2 Å². The van der Waals surface area contributed by atoms with Crippen molar-refractivity contribution < 1.29 is 5.11 Å². The van der Waals surface area contributed by atoms with Crippen molar-refractivity contribution in [2.45, 2.75) is 33.0 Å². The first-order valence-electron chi connectivity index (χ1n) is 5.23. The number of nitrogens with zero attached hydrogens (tertiary/aromatic N) is 5. The first-order chi connectivity index (χ1) is 7.69. The van der Waals surface area contributed by atoms with E-state index in [4.69, 9.17) is 5.11 Å². The van der Waals surface area contributed by atoms with E-state index in [2.05, 4.69) is 29.3 Å². The van der Waals surface area contributed by atoms with Gasteiger partial charge in [-0.25, -0.2) is 4.68 Å². The first-order valence-corrected chi connectivity index (χ1v) is 5.23. The predicted octanol–water partition coefficient (Wildman–Crippen LogP) is 0.596. The molecule has 0 unspecified atom stereocenters. The van der Waals surface area contributed by atoms with Crippen molar-refractivity contribution in [3.05, 3.63) is 29.8 Å². The van der Waals surface area contributed by atoms with E-state index in [0.717, 1.165) is 5.69 Å². The second kappa shape index (κ2) is 4.44. The molecule has 0 aliphatic heterocycles. The van der Waals surface area contributed by atoms with E-state index in [0.29, 0.717) is 18.3 Å². The first kappa shape index (κ1) is 10.8. The van der Waals surface area contributed by atoms with Gasteiger partial charge in [0.15, 0.2) is 0 Å². The van der Waals surface area contributed by atoms with Crippen LogP contribution in [0.25, 0.3) is 0 Å². The fourth-order valence-corrected chi connectivity index (χ4v) is 1.40. The quantitative estimate of drug-likeness (QED) is 0.820. The lowest BCUT2D eigenvalue weighted by atomic mass is 10.4. The van der Waals surface area contributed by atoms with E-state index in [1.54, 1.807) is 10.9 Å². The zero-order valence-corrected chi connectivity index (χ0v) is 9.41. The monoisotopic (exact) mass is 221 g/mol. The predicted molar refractivity (Wildman–Crippen MR) is 57.7 cm³/mol. The van der Waals surface area contributed by atoms with Crippen LogP contribution in [0.3, 0.4) is 0 Å². The summed E-state index contributed by atoms with van der Waals surface area (Å²) in [5.74, 6) is 0. The van der Waals surface area contributed by atoms with Gasteiger partial charge in [-0.3, -0.25) is 4.68 Å². The molecule has 0 aliphatic carbocycles. The molecule has 0 aromatic carbocycles. The van der Waals surface area contributed by atoms with Crippen molar-refractivity contribution >= 4 is 0 Å². The molecule has 0 radical (unpaired) electrons. The fraction of sp³-hybridized carbons (Fsp3) is 0.500. The molecule has 0 saturated heterocycles. The smallest absolute Gasteiger partial charge is 0.108 e. The zero-order valence-electron chi connectivity index (χ0n) is 9.41. The Bertz CT molecular complexity index is 459. The highest BCUT2D eigenvalue weighted by Gasteiger charge is 2.04. The van der Waals surface area contributed by atoms with E-state index in [1.807, 2.05) is 16.9 Å². The molecule has 2 rings (SSSR count). The summed E-state index contributed by atoms with van der Waals surface area (Å²) >= 11 is 0. The largest absolute Gasteiger partial charge is 0.390 e. The van der Waals surface area contributed by atoms with Crippen molar-refractivity contribution in [2.75, 3.05) is 0 Å². The molecule has 2 aromatic heterocycles. The van der Waals surface area contributed by atoms with Gasteiger partial charge in [-0.15, -0.1) is 5.10 Å². The summed E-state index contributed by atoms with van der Waals surface area (Å²) in [6.45, 7) is 4.65. The van der Waals surface area contributed by atoms with Crippen LogP contribution in [0.5, 0.6) is 0 Å². The Morgan fingerprint density at radius 3 is 2.75 bits per heavy atom. The van der Waals surface area contributed by atoms with Gasteiger partial charge in [-0.05, 0) is 19.9 Å². The van der Waals surface area contributed by atoms with Gasteiger partial charge in [0.2, 0.25) is 0 Å². The van der Waals surface area contributed by atoms with Crippen molar-refractivity contribution in [3.8, 4) is 0 Å². The molecule has 6 heteroatoms. The molecule has 6 nitrogen and oxygen atoms in total. The molecular weight excluding hydrogens is 206 g/mol. The Morgan fingerprint density at radius 2 is 2.19 bits per heavy atom. The van der Waals surface area contributed by atoms with Crippen LogP contribution in [0.1, 0.15) is 31.3 Å². The Morgan fingerprint density at radius 1 is 1.38 bits per heavy atom. The van der Waals surface area contributed by atoms with Gasteiger partial charge in [-0.1, -0.05) is 5.21 Å². The minimum absolute atomic E-state index is 0.0829. The van der Waals surface area contributed by atoms with Crippen molar-refractivity contribution in [1.82, 2.24) is 24.8 Å². The van der Waals surface area contributed by atoms with Gasteiger partial charge < -0.3 is 5.11 Å². The van der Waals surface area contributed by atoms with Crippen molar-refractivity contribution in [2.24, 2.45) is 0 Å². The molecule has 0 spiro atoms. The maximum atomic E-state index is 8.86. The Hall–Kier alpha value is -1.69. The number of aliphatic hydroxyl groups excluding tert-OH is 1. The maximum Gasteiger partial charge on any atom is 0.108 e. The van der Waals surface area contributed by atoms with Crippen LogP contribution in [0.4, 0.5) is 0 Å². The summed E-state index contributed by atoms with van der Waals surface area (Å²) in [6, 6.07) is 2.32. The van der Waals surface area contributed by atoms with Crippen molar-refractivity contribution in [1.29, 1.82) is 0 Å². The number of hydrogen-bond acceptors (Lipinski definition) is 4. The molecule has 16 heavy (non-hydrogen) atoms. The molecule has 0 fully saturated rings. The summed E-state index contributed by atoms with van der Waals surface area (Å²) in [5, 5.41) is 21.0. The van der Waals surface area contributed by atoms with Gasteiger partial charge in [0.1, 0.15) is 5.69 Å². The summed E-state index contributed by atoms with van der Waals surface area (Å²) in [4.78, 5) is 0. The lowest BCUT2D eigenvalue weighted by Crippen LogP contribution is -2.05. The van der Waals surface area contributed by atoms with Crippen LogP contribution in [-0.4, -0.2) is 29.9 Å². The van der Waals surface area contributed by atoms with Crippen LogP contribution >= 0.6 is 0 Å². The van der Waals surface area contributed by atoms with Crippen molar-refractivity contribution in [3.63, 3.8) is 0 Å². The maximum absolute atomic E-state index is 8.86. The summed E-state index contributed by atoms with van der Waals surface area (Å²) in [7, 11) is 0. The lowest BCUT2D eigenvalue weighted by Gasteiger charge is -2.03. The molecule has 0 amide bonds. The van der Waals surface area contributed by atoms with Gasteiger partial charge in [-0.2, -0.15) is 5.10 Å². The normalized spacial score (nSPS) is 11.2. The molecule has 86 valence electrons. The summed E-state index contributed by atoms with van der Waals surface area (Å²) < 4.78 is 3.57. The minimum atomic E-state index is -0.0829. The van der Waals surface area contributed by atoms with Gasteiger partial charge in [0.05, 0.1) is 25.0 Å². The second-order valence-corrected chi connectivity index (χ2v) is 3.95. The fourth-order valence-electron chi connectivity index (χ4n) is 1.40. The molecule has 1 N–H and O–H groups in total. The average Bonchev–Trinajstić information content (AvgIpc) is 2.87. The third-order valence-electron chi connectivity index (χ3n) is 2.26. The third-order valence-corrected chi connectivity index (χ3v) is 2.26. The topological polar surface area (TPSA) is 68.8 Å². The van der Waals surface area contributed by atoms with E-state index in [9.17, 15) is 0 Å². The SMILES string of the molecule is CC(C)n1ccc(Cn2cc(CO)nn2)n1. The number of aliphatic hydroxyl groups is 1. The van der Waals surface area contributed by atoms with Crippen LogP contribution < -0.4 is 0 Å². The average molecular weight is 221 g/mol. The zero-order chi connectivity index (χ0) is 11.5. The molecule has 0 aliphatic rings. The summed E-state index contributed by atoms with van der Waals surface area (Å²) in [5.41, 5.74) is 1.51. The van der Waals surface area contributed by atoms with Gasteiger partial charge >= 0.3 is 0 Å². The highest BCUT2D eigenvalue weighted by molar-refractivity contribution is 5.01. The molecule has 0 saturated carbocycles. The number of aromatic nitrogens is 5. The standard InChI is InChI=1S/C10H15N5O/c1-8(2)15-4-3-9(12-15)5-14-6-10(7-16)11-13-14/h3-4,6,8,16H,5,7H2,1-2H3. The third kappa shape index (κ3) is 2.27.